The maximum atomic E-state index is 12.4. The molecule has 1 saturated heterocycles. The molecule has 23 heavy (non-hydrogen) atoms. The molecule has 0 radical (unpaired) electrons. The van der Waals surface area contributed by atoms with Crippen molar-refractivity contribution in [1.82, 2.24) is 4.90 Å². The number of benzene rings is 1. The van der Waals surface area contributed by atoms with Crippen LogP contribution >= 0.6 is 24.0 Å². The van der Waals surface area contributed by atoms with Crippen LogP contribution in [0.1, 0.15) is 43.7 Å². The van der Waals surface area contributed by atoms with E-state index in [1.807, 2.05) is 18.2 Å². The van der Waals surface area contributed by atoms with Crippen molar-refractivity contribution in [1.29, 1.82) is 0 Å². The molecule has 1 amide bonds. The van der Waals surface area contributed by atoms with Crippen LogP contribution in [0.5, 0.6) is 0 Å². The number of amides is 1. The molecule has 0 bridgehead atoms. The maximum Gasteiger partial charge on any atom is 0.266 e. The van der Waals surface area contributed by atoms with Gasteiger partial charge < -0.3 is 9.90 Å². The Morgan fingerprint density at radius 1 is 1.35 bits per heavy atom. The second-order valence-corrected chi connectivity index (χ2v) is 7.31. The average molecular weight is 348 g/mol. The summed E-state index contributed by atoms with van der Waals surface area (Å²) in [5.74, 6) is -0.812. The summed E-state index contributed by atoms with van der Waals surface area (Å²) in [5.41, 5.74) is 2.20. The van der Waals surface area contributed by atoms with E-state index in [1.54, 1.807) is 0 Å². The van der Waals surface area contributed by atoms with Gasteiger partial charge in [0.25, 0.3) is 5.91 Å². The molecular formula is C17H18NO3S2-. The number of carbonyl (C=O) groups excluding carboxylic acids is 2. The molecular weight excluding hydrogens is 330 g/mol. The minimum absolute atomic E-state index is 0.0766. The second-order valence-electron chi connectivity index (χ2n) is 5.63. The van der Waals surface area contributed by atoms with Crippen LogP contribution in [0.2, 0.25) is 0 Å². The first-order chi connectivity index (χ1) is 10.9. The van der Waals surface area contributed by atoms with E-state index in [0.717, 1.165) is 5.56 Å². The van der Waals surface area contributed by atoms with Crippen LogP contribution < -0.4 is 5.11 Å². The lowest BCUT2D eigenvalue weighted by Crippen LogP contribution is -2.30. The van der Waals surface area contributed by atoms with Crippen molar-refractivity contribution in [2.24, 2.45) is 0 Å². The lowest BCUT2D eigenvalue weighted by Gasteiger charge is -2.14. The van der Waals surface area contributed by atoms with Crippen molar-refractivity contribution in [3.8, 4) is 0 Å². The highest BCUT2D eigenvalue weighted by molar-refractivity contribution is 8.26. The molecule has 1 heterocycles. The summed E-state index contributed by atoms with van der Waals surface area (Å²) in [6.45, 7) is 4.57. The summed E-state index contributed by atoms with van der Waals surface area (Å²) in [6.07, 6.45) is 2.08. The van der Waals surface area contributed by atoms with Gasteiger partial charge in [-0.15, -0.1) is 0 Å². The van der Waals surface area contributed by atoms with E-state index in [1.165, 1.54) is 22.2 Å². The molecule has 1 fully saturated rings. The molecule has 1 aromatic carbocycles. The highest BCUT2D eigenvalue weighted by atomic mass is 32.2. The third kappa shape index (κ3) is 4.65. The van der Waals surface area contributed by atoms with Crippen molar-refractivity contribution in [2.45, 2.75) is 32.6 Å². The van der Waals surface area contributed by atoms with Gasteiger partial charge in [0.05, 0.1) is 4.91 Å². The first-order valence-electron chi connectivity index (χ1n) is 7.43. The van der Waals surface area contributed by atoms with Gasteiger partial charge >= 0.3 is 0 Å². The predicted molar refractivity (Wildman–Crippen MR) is 94.7 cm³/mol. The third-order valence-electron chi connectivity index (χ3n) is 3.54. The number of carbonyl (C=O) groups is 2. The molecule has 1 aromatic rings. The number of hydrogen-bond acceptors (Lipinski definition) is 5. The molecule has 0 atom stereocenters. The zero-order valence-electron chi connectivity index (χ0n) is 13.1. The molecule has 6 heteroatoms. The van der Waals surface area contributed by atoms with Gasteiger partial charge in [0, 0.05) is 12.5 Å². The predicted octanol–water partition coefficient (Wildman–Crippen LogP) is 2.54. The van der Waals surface area contributed by atoms with E-state index >= 15 is 0 Å². The van der Waals surface area contributed by atoms with E-state index < -0.39 is 5.97 Å². The van der Waals surface area contributed by atoms with E-state index in [-0.39, 0.29) is 12.3 Å². The monoisotopic (exact) mass is 348 g/mol. The highest BCUT2D eigenvalue weighted by Gasteiger charge is 2.31. The van der Waals surface area contributed by atoms with Gasteiger partial charge in [0.15, 0.2) is 0 Å². The molecule has 0 aromatic heterocycles. The molecule has 0 N–H and O–H groups in total. The van der Waals surface area contributed by atoms with Gasteiger partial charge in [-0.25, -0.2) is 0 Å². The van der Waals surface area contributed by atoms with Crippen molar-refractivity contribution < 1.29 is 14.7 Å². The number of thiocarbonyl (C=S) groups is 1. The van der Waals surface area contributed by atoms with Crippen LogP contribution in [-0.2, 0) is 9.59 Å². The Morgan fingerprint density at radius 2 is 2.00 bits per heavy atom. The lowest BCUT2D eigenvalue weighted by atomic mass is 10.0. The van der Waals surface area contributed by atoms with Crippen LogP contribution in [0, 0.1) is 0 Å². The van der Waals surface area contributed by atoms with Gasteiger partial charge in [-0.1, -0.05) is 62.1 Å². The Bertz CT molecular complexity index is 650. The summed E-state index contributed by atoms with van der Waals surface area (Å²) in [5, 5.41) is 10.5. The van der Waals surface area contributed by atoms with E-state index in [0.29, 0.717) is 28.1 Å². The summed E-state index contributed by atoms with van der Waals surface area (Å²) < 4.78 is 0.471. The van der Waals surface area contributed by atoms with E-state index in [9.17, 15) is 14.7 Å². The number of nitrogens with zero attached hydrogens (tertiary/aromatic N) is 1. The van der Waals surface area contributed by atoms with Crippen molar-refractivity contribution in [3.05, 3.63) is 40.3 Å². The molecule has 122 valence electrons. The van der Waals surface area contributed by atoms with Gasteiger partial charge in [-0.3, -0.25) is 9.69 Å². The second kappa shape index (κ2) is 7.75. The zero-order chi connectivity index (χ0) is 17.0. The normalized spacial score (nSPS) is 16.7. The largest absolute Gasteiger partial charge is 0.550 e. The minimum Gasteiger partial charge on any atom is -0.550 e. The summed E-state index contributed by atoms with van der Waals surface area (Å²) in [6, 6.07) is 8.07. The van der Waals surface area contributed by atoms with Crippen LogP contribution in [0.4, 0.5) is 0 Å². The first-order valence-corrected chi connectivity index (χ1v) is 8.66. The summed E-state index contributed by atoms with van der Waals surface area (Å²) in [4.78, 5) is 24.8. The molecule has 2 rings (SSSR count). The zero-order valence-corrected chi connectivity index (χ0v) is 14.7. The Morgan fingerprint density at radius 3 is 2.57 bits per heavy atom. The van der Waals surface area contributed by atoms with Gasteiger partial charge in [0.2, 0.25) is 0 Å². The quantitative estimate of drug-likeness (QED) is 0.584. The van der Waals surface area contributed by atoms with Crippen LogP contribution in [-0.4, -0.2) is 27.6 Å². The van der Waals surface area contributed by atoms with Crippen molar-refractivity contribution in [3.63, 3.8) is 0 Å². The van der Waals surface area contributed by atoms with Gasteiger partial charge in [-0.2, -0.15) is 0 Å². The lowest BCUT2D eigenvalue weighted by molar-refractivity contribution is -0.305. The van der Waals surface area contributed by atoms with Gasteiger partial charge in [-0.05, 0) is 36.0 Å². The average Bonchev–Trinajstić information content (AvgIpc) is 2.75. The number of carboxylic acid groups (broad SMARTS) is 1. The van der Waals surface area contributed by atoms with Crippen molar-refractivity contribution >= 4 is 46.3 Å². The Hall–Kier alpha value is -1.66. The Balaban J connectivity index is 2.07. The molecule has 0 saturated carbocycles. The molecule has 1 aliphatic heterocycles. The number of aliphatic carboxylic acids is 1. The fraction of sp³-hybridized carbons (Fsp3) is 0.353. The van der Waals surface area contributed by atoms with Crippen LogP contribution in [0.15, 0.2) is 29.2 Å². The smallest absolute Gasteiger partial charge is 0.266 e. The summed E-state index contributed by atoms with van der Waals surface area (Å²) >= 11 is 6.46. The first kappa shape index (κ1) is 17.7. The van der Waals surface area contributed by atoms with Gasteiger partial charge in [0.1, 0.15) is 4.32 Å². The topological polar surface area (TPSA) is 60.4 Å². The fourth-order valence-electron chi connectivity index (χ4n) is 2.20. The highest BCUT2D eigenvalue weighted by Crippen LogP contribution is 2.32. The van der Waals surface area contributed by atoms with Crippen LogP contribution in [0.25, 0.3) is 6.08 Å². The summed E-state index contributed by atoms with van der Waals surface area (Å²) in [7, 11) is 0. The number of thioether (sulfide) groups is 1. The molecule has 1 aliphatic rings. The minimum atomic E-state index is -1.11. The molecule has 0 aliphatic carbocycles. The number of carboxylic acids is 1. The third-order valence-corrected chi connectivity index (χ3v) is 4.91. The maximum absolute atomic E-state index is 12.4. The molecule has 0 spiro atoms. The van der Waals surface area contributed by atoms with E-state index in [4.69, 9.17) is 12.2 Å². The Labute approximate surface area is 145 Å². The van der Waals surface area contributed by atoms with E-state index in [2.05, 4.69) is 26.0 Å². The fourth-order valence-corrected chi connectivity index (χ4v) is 3.51. The number of rotatable bonds is 6. The SMILES string of the molecule is CC(C)c1ccc(/C=C2\SC(=S)N(CCCC(=O)[O-])C2=O)cc1. The standard InChI is InChI=1S/C17H19NO3S2/c1-11(2)13-7-5-12(6-8-13)10-14-16(21)18(17(22)23-14)9-3-4-15(19)20/h5-8,10-11H,3-4,9H2,1-2H3,(H,19,20)/p-1/b14-10-. The van der Waals surface area contributed by atoms with Crippen LogP contribution in [0.3, 0.4) is 0 Å². The number of hydrogen-bond donors (Lipinski definition) is 0. The van der Waals surface area contributed by atoms with Crippen molar-refractivity contribution in [2.75, 3.05) is 6.54 Å². The Kier molecular flexibility index (Phi) is 5.96. The molecule has 4 nitrogen and oxygen atoms in total. The molecule has 0 unspecified atom stereocenters.